The first kappa shape index (κ1) is 8.54. The van der Waals surface area contributed by atoms with E-state index in [0.29, 0.717) is 5.92 Å². The van der Waals surface area contributed by atoms with E-state index >= 15 is 0 Å². The molecule has 0 amide bonds. The average Bonchev–Trinajstić information content (AvgIpc) is 2.67. The molecule has 0 N–H and O–H groups in total. The second-order valence-electron chi connectivity index (χ2n) is 3.54. The summed E-state index contributed by atoms with van der Waals surface area (Å²) in [5.74, 6) is 1.51. The standard InChI is InChI=1S/C11H15NO/c1-2-10-8-11(13-12-10)9-6-4-3-5-7-9/h4,6,8-9H,2-3,5,7H2,1H3. The maximum atomic E-state index is 5.29. The molecule has 1 aliphatic rings. The Morgan fingerprint density at radius 1 is 1.62 bits per heavy atom. The van der Waals surface area contributed by atoms with E-state index in [2.05, 4.69) is 30.3 Å². The predicted octanol–water partition coefficient (Wildman–Crippen LogP) is 3.06. The molecule has 2 nitrogen and oxygen atoms in total. The molecule has 2 heteroatoms. The highest BCUT2D eigenvalue weighted by Crippen LogP contribution is 2.27. The van der Waals surface area contributed by atoms with Crippen molar-refractivity contribution in [3.8, 4) is 0 Å². The van der Waals surface area contributed by atoms with Crippen LogP contribution in [0.15, 0.2) is 22.7 Å². The van der Waals surface area contributed by atoms with E-state index in [-0.39, 0.29) is 0 Å². The lowest BCUT2D eigenvalue weighted by Gasteiger charge is -2.11. The summed E-state index contributed by atoms with van der Waals surface area (Å²) in [6.07, 6.45) is 9.12. The average molecular weight is 177 g/mol. The number of aromatic nitrogens is 1. The van der Waals surface area contributed by atoms with Crippen molar-refractivity contribution in [2.24, 2.45) is 0 Å². The Hall–Kier alpha value is -1.05. The van der Waals surface area contributed by atoms with E-state index in [1.54, 1.807) is 0 Å². The summed E-state index contributed by atoms with van der Waals surface area (Å²) in [6, 6.07) is 2.08. The second kappa shape index (κ2) is 3.77. The minimum absolute atomic E-state index is 0.474. The fraction of sp³-hybridized carbons (Fsp3) is 0.545. The van der Waals surface area contributed by atoms with E-state index in [0.717, 1.165) is 17.9 Å². The van der Waals surface area contributed by atoms with Gasteiger partial charge in [0, 0.05) is 12.0 Å². The number of allylic oxidation sites excluding steroid dienone is 2. The van der Waals surface area contributed by atoms with Crippen molar-refractivity contribution in [3.05, 3.63) is 29.7 Å². The third-order valence-electron chi connectivity index (χ3n) is 2.56. The van der Waals surface area contributed by atoms with Crippen LogP contribution in [0.5, 0.6) is 0 Å². The molecule has 2 rings (SSSR count). The molecule has 1 aromatic heterocycles. The van der Waals surface area contributed by atoms with Crippen molar-refractivity contribution < 1.29 is 4.52 Å². The summed E-state index contributed by atoms with van der Waals surface area (Å²) in [4.78, 5) is 0. The molecule has 0 aromatic carbocycles. The molecule has 0 aliphatic heterocycles. The van der Waals surface area contributed by atoms with Gasteiger partial charge in [-0.2, -0.15) is 0 Å². The molecule has 1 heterocycles. The van der Waals surface area contributed by atoms with Crippen LogP contribution in [0, 0.1) is 0 Å². The molecule has 13 heavy (non-hydrogen) atoms. The molecule has 70 valence electrons. The van der Waals surface area contributed by atoms with Gasteiger partial charge < -0.3 is 4.52 Å². The summed E-state index contributed by atoms with van der Waals surface area (Å²) in [7, 11) is 0. The monoisotopic (exact) mass is 177 g/mol. The van der Waals surface area contributed by atoms with Crippen molar-refractivity contribution in [1.29, 1.82) is 0 Å². The number of hydrogen-bond acceptors (Lipinski definition) is 2. The maximum absolute atomic E-state index is 5.29. The molecule has 0 radical (unpaired) electrons. The van der Waals surface area contributed by atoms with Gasteiger partial charge in [-0.3, -0.25) is 0 Å². The molecular formula is C11H15NO. The number of nitrogens with zero attached hydrogens (tertiary/aromatic N) is 1. The number of rotatable bonds is 2. The van der Waals surface area contributed by atoms with E-state index < -0.39 is 0 Å². The van der Waals surface area contributed by atoms with Crippen LogP contribution in [0.1, 0.15) is 43.6 Å². The van der Waals surface area contributed by atoms with Crippen LogP contribution >= 0.6 is 0 Å². The quantitative estimate of drug-likeness (QED) is 0.649. The maximum Gasteiger partial charge on any atom is 0.143 e. The van der Waals surface area contributed by atoms with Gasteiger partial charge in [0.25, 0.3) is 0 Å². The Morgan fingerprint density at radius 2 is 2.54 bits per heavy atom. The first-order chi connectivity index (χ1) is 6.40. The van der Waals surface area contributed by atoms with Gasteiger partial charge in [0.2, 0.25) is 0 Å². The lowest BCUT2D eigenvalue weighted by atomic mass is 9.93. The molecule has 0 fully saturated rings. The van der Waals surface area contributed by atoms with Crippen molar-refractivity contribution in [3.63, 3.8) is 0 Å². The second-order valence-corrected chi connectivity index (χ2v) is 3.54. The van der Waals surface area contributed by atoms with Crippen molar-refractivity contribution in [1.82, 2.24) is 5.16 Å². The van der Waals surface area contributed by atoms with Gasteiger partial charge in [-0.1, -0.05) is 24.2 Å². The lowest BCUT2D eigenvalue weighted by molar-refractivity contribution is 0.360. The molecule has 0 saturated carbocycles. The zero-order valence-electron chi connectivity index (χ0n) is 7.99. The van der Waals surface area contributed by atoms with Crippen molar-refractivity contribution in [2.45, 2.75) is 38.5 Å². The Balaban J connectivity index is 2.14. The van der Waals surface area contributed by atoms with Gasteiger partial charge in [-0.05, 0) is 25.7 Å². The first-order valence-corrected chi connectivity index (χ1v) is 5.02. The van der Waals surface area contributed by atoms with Crippen molar-refractivity contribution >= 4 is 0 Å². The molecular weight excluding hydrogens is 162 g/mol. The summed E-state index contributed by atoms with van der Waals surface area (Å²) >= 11 is 0. The van der Waals surface area contributed by atoms with Crippen LogP contribution in [-0.4, -0.2) is 5.16 Å². The van der Waals surface area contributed by atoms with Crippen molar-refractivity contribution in [2.75, 3.05) is 0 Å². The van der Waals surface area contributed by atoms with Gasteiger partial charge in [0.1, 0.15) is 5.76 Å². The Labute approximate surface area is 78.6 Å². The largest absolute Gasteiger partial charge is 0.361 e. The highest BCUT2D eigenvalue weighted by molar-refractivity contribution is 5.16. The van der Waals surface area contributed by atoms with Gasteiger partial charge >= 0.3 is 0 Å². The minimum Gasteiger partial charge on any atom is -0.361 e. The molecule has 1 aromatic rings. The Morgan fingerprint density at radius 3 is 3.15 bits per heavy atom. The lowest BCUT2D eigenvalue weighted by Crippen LogP contribution is -1.97. The van der Waals surface area contributed by atoms with Crippen LogP contribution in [-0.2, 0) is 6.42 Å². The molecule has 0 spiro atoms. The normalized spacial score (nSPS) is 22.1. The van der Waals surface area contributed by atoms with Crippen LogP contribution < -0.4 is 0 Å². The van der Waals surface area contributed by atoms with Crippen LogP contribution in [0.3, 0.4) is 0 Å². The summed E-state index contributed by atoms with van der Waals surface area (Å²) < 4.78 is 5.29. The van der Waals surface area contributed by atoms with Crippen LogP contribution in [0.25, 0.3) is 0 Å². The van der Waals surface area contributed by atoms with E-state index in [1.165, 1.54) is 19.3 Å². The predicted molar refractivity (Wildman–Crippen MR) is 51.6 cm³/mol. The third-order valence-corrected chi connectivity index (χ3v) is 2.56. The van der Waals surface area contributed by atoms with Crippen LogP contribution in [0.4, 0.5) is 0 Å². The van der Waals surface area contributed by atoms with Gasteiger partial charge in [0.05, 0.1) is 5.69 Å². The SMILES string of the molecule is CCc1cc(C2C=CCCC2)on1. The fourth-order valence-electron chi connectivity index (χ4n) is 1.72. The summed E-state index contributed by atoms with van der Waals surface area (Å²) in [6.45, 7) is 2.10. The molecule has 0 bridgehead atoms. The number of aryl methyl sites for hydroxylation is 1. The molecule has 1 aliphatic carbocycles. The third kappa shape index (κ3) is 1.82. The number of hydrogen-bond donors (Lipinski definition) is 0. The molecule has 1 unspecified atom stereocenters. The van der Waals surface area contributed by atoms with E-state index in [1.807, 2.05) is 0 Å². The van der Waals surface area contributed by atoms with Gasteiger partial charge in [-0.15, -0.1) is 0 Å². The van der Waals surface area contributed by atoms with Gasteiger partial charge in [0.15, 0.2) is 0 Å². The highest BCUT2D eigenvalue weighted by atomic mass is 16.5. The van der Waals surface area contributed by atoms with E-state index in [4.69, 9.17) is 4.52 Å². The van der Waals surface area contributed by atoms with E-state index in [9.17, 15) is 0 Å². The molecule has 0 saturated heterocycles. The molecule has 1 atom stereocenters. The van der Waals surface area contributed by atoms with Gasteiger partial charge in [-0.25, -0.2) is 0 Å². The Bertz CT molecular complexity index is 301. The summed E-state index contributed by atoms with van der Waals surface area (Å²) in [5.41, 5.74) is 1.06. The zero-order chi connectivity index (χ0) is 9.10. The van der Waals surface area contributed by atoms with Crippen LogP contribution in [0.2, 0.25) is 0 Å². The first-order valence-electron chi connectivity index (χ1n) is 5.02. The zero-order valence-corrected chi connectivity index (χ0v) is 7.99. The summed E-state index contributed by atoms with van der Waals surface area (Å²) in [5, 5.41) is 4.00. The topological polar surface area (TPSA) is 26.0 Å². The fourth-order valence-corrected chi connectivity index (χ4v) is 1.72. The minimum atomic E-state index is 0.474. The Kier molecular flexibility index (Phi) is 2.48. The highest BCUT2D eigenvalue weighted by Gasteiger charge is 2.15. The smallest absolute Gasteiger partial charge is 0.143 e.